The van der Waals surface area contributed by atoms with E-state index in [1.54, 1.807) is 6.20 Å². The second kappa shape index (κ2) is 8.80. The van der Waals surface area contributed by atoms with Gasteiger partial charge in [-0.2, -0.15) is 0 Å². The van der Waals surface area contributed by atoms with E-state index in [2.05, 4.69) is 31.5 Å². The van der Waals surface area contributed by atoms with Crippen LogP contribution in [0.5, 0.6) is 0 Å². The molecular formula is C21H23BrClN3O2. The number of nitrogens with zero attached hydrogens (tertiary/aromatic N) is 1. The van der Waals surface area contributed by atoms with Crippen molar-refractivity contribution in [3.8, 4) is 0 Å². The van der Waals surface area contributed by atoms with Gasteiger partial charge in [-0.25, -0.2) is 4.98 Å². The molecule has 2 N–H and O–H groups in total. The van der Waals surface area contributed by atoms with Crippen LogP contribution in [0.15, 0.2) is 34.9 Å². The molecule has 1 aromatic carbocycles. The Morgan fingerprint density at radius 3 is 2.71 bits per heavy atom. The van der Waals surface area contributed by atoms with Gasteiger partial charge < -0.3 is 15.4 Å². The van der Waals surface area contributed by atoms with E-state index in [-0.39, 0.29) is 5.91 Å². The van der Waals surface area contributed by atoms with Crippen molar-refractivity contribution in [2.24, 2.45) is 5.92 Å². The highest BCUT2D eigenvalue weighted by Crippen LogP contribution is 2.42. The van der Waals surface area contributed by atoms with Crippen molar-refractivity contribution < 1.29 is 9.53 Å². The van der Waals surface area contributed by atoms with Gasteiger partial charge in [0.05, 0.1) is 10.6 Å². The smallest absolute Gasteiger partial charge is 0.253 e. The first-order chi connectivity index (χ1) is 13.6. The molecule has 5 nitrogen and oxygen atoms in total. The topological polar surface area (TPSA) is 63.2 Å². The number of hydrogen-bond acceptors (Lipinski definition) is 4. The monoisotopic (exact) mass is 463 g/mol. The van der Waals surface area contributed by atoms with Crippen LogP contribution < -0.4 is 10.6 Å². The number of carbonyl (C=O) groups excluding carboxylic acids is 1. The fraction of sp³-hybridized carbons (Fsp3) is 0.429. The third-order valence-electron chi connectivity index (χ3n) is 5.28. The Morgan fingerprint density at radius 2 is 2.00 bits per heavy atom. The Balaban J connectivity index is 1.47. The number of hydrogen-bond donors (Lipinski definition) is 2. The summed E-state index contributed by atoms with van der Waals surface area (Å²) in [5.41, 5.74) is 2.62. The van der Waals surface area contributed by atoms with E-state index in [0.29, 0.717) is 29.0 Å². The van der Waals surface area contributed by atoms with Gasteiger partial charge in [0.2, 0.25) is 0 Å². The maximum Gasteiger partial charge on any atom is 0.253 e. The Labute approximate surface area is 178 Å². The highest BCUT2D eigenvalue weighted by molar-refractivity contribution is 9.10. The normalized spacial score (nSPS) is 17.4. The van der Waals surface area contributed by atoms with Gasteiger partial charge in [0.15, 0.2) is 0 Å². The summed E-state index contributed by atoms with van der Waals surface area (Å²) in [7, 11) is 0. The van der Waals surface area contributed by atoms with Crippen LogP contribution in [0.1, 0.15) is 47.5 Å². The molecule has 1 aromatic heterocycles. The second-order valence-electron chi connectivity index (χ2n) is 7.45. The number of halogens is 2. The van der Waals surface area contributed by atoms with Gasteiger partial charge in [0.1, 0.15) is 5.82 Å². The molecular weight excluding hydrogens is 442 g/mol. The van der Waals surface area contributed by atoms with Crippen LogP contribution in [-0.2, 0) is 4.74 Å². The van der Waals surface area contributed by atoms with Gasteiger partial charge in [-0.1, -0.05) is 11.6 Å². The quantitative estimate of drug-likeness (QED) is 0.611. The average molecular weight is 465 g/mol. The summed E-state index contributed by atoms with van der Waals surface area (Å²) in [4.78, 5) is 17.2. The summed E-state index contributed by atoms with van der Waals surface area (Å²) < 4.78 is 6.24. The fourth-order valence-corrected chi connectivity index (χ4v) is 3.89. The largest absolute Gasteiger partial charge is 0.381 e. The van der Waals surface area contributed by atoms with Crippen molar-refractivity contribution in [2.75, 3.05) is 25.1 Å². The SMILES string of the molecule is O=C(NCC1CCOCC1)c1cnc(Nc2ccc(Br)c(Cl)c2)cc1C1CC1. The third kappa shape index (κ3) is 4.85. The molecule has 0 atom stereocenters. The highest BCUT2D eigenvalue weighted by atomic mass is 79.9. The Hall–Kier alpha value is -1.63. The number of carbonyl (C=O) groups is 1. The highest BCUT2D eigenvalue weighted by Gasteiger charge is 2.29. The molecule has 4 rings (SSSR count). The van der Waals surface area contributed by atoms with Crippen LogP contribution in [0.4, 0.5) is 11.5 Å². The molecule has 7 heteroatoms. The second-order valence-corrected chi connectivity index (χ2v) is 8.71. The molecule has 2 fully saturated rings. The summed E-state index contributed by atoms with van der Waals surface area (Å²) in [6.07, 6.45) is 5.94. The Kier molecular flexibility index (Phi) is 6.19. The molecule has 0 radical (unpaired) electrons. The van der Waals surface area contributed by atoms with Crippen molar-refractivity contribution in [1.82, 2.24) is 10.3 Å². The molecule has 148 valence electrons. The van der Waals surface area contributed by atoms with E-state index in [1.165, 1.54) is 0 Å². The first kappa shape index (κ1) is 19.7. The van der Waals surface area contributed by atoms with E-state index in [0.717, 1.165) is 60.4 Å². The fourth-order valence-electron chi connectivity index (χ4n) is 3.47. The molecule has 0 unspecified atom stereocenters. The number of rotatable bonds is 6. The summed E-state index contributed by atoms with van der Waals surface area (Å²) in [5.74, 6) is 1.64. The number of anilines is 2. The van der Waals surface area contributed by atoms with Gasteiger partial charge in [-0.3, -0.25) is 4.79 Å². The van der Waals surface area contributed by atoms with Crippen LogP contribution in [0, 0.1) is 5.92 Å². The molecule has 2 heterocycles. The molecule has 0 spiro atoms. The molecule has 1 saturated carbocycles. The number of amides is 1. The van der Waals surface area contributed by atoms with Crippen molar-refractivity contribution >= 4 is 44.9 Å². The minimum atomic E-state index is -0.0286. The maximum atomic E-state index is 12.8. The zero-order chi connectivity index (χ0) is 19.5. The third-order valence-corrected chi connectivity index (χ3v) is 6.51. The summed E-state index contributed by atoms with van der Waals surface area (Å²) >= 11 is 9.57. The van der Waals surface area contributed by atoms with Crippen molar-refractivity contribution in [3.63, 3.8) is 0 Å². The first-order valence-electron chi connectivity index (χ1n) is 9.68. The van der Waals surface area contributed by atoms with Crippen LogP contribution >= 0.6 is 27.5 Å². The molecule has 1 aliphatic heterocycles. The predicted octanol–water partition coefficient (Wildman–Crippen LogP) is 5.27. The Bertz CT molecular complexity index is 867. The van der Waals surface area contributed by atoms with Crippen LogP contribution in [-0.4, -0.2) is 30.6 Å². The lowest BCUT2D eigenvalue weighted by Gasteiger charge is -2.22. The van der Waals surface area contributed by atoms with E-state index in [1.807, 2.05) is 24.3 Å². The summed E-state index contributed by atoms with van der Waals surface area (Å²) in [6.45, 7) is 2.27. The standard InChI is InChI=1S/C21H23BrClN3O2/c22-18-4-3-15(9-19(18)23)26-20-10-16(14-1-2-14)17(12-24-20)21(27)25-11-13-5-7-28-8-6-13/h3-4,9-10,12-14H,1-2,5-8,11H2,(H,24,26)(H,25,27). The van der Waals surface area contributed by atoms with Gasteiger partial charge in [-0.05, 0) is 83.3 Å². The molecule has 2 aromatic rings. The van der Waals surface area contributed by atoms with E-state index < -0.39 is 0 Å². The van der Waals surface area contributed by atoms with Crippen LogP contribution in [0.2, 0.25) is 5.02 Å². The average Bonchev–Trinajstić information content (AvgIpc) is 3.55. The number of benzene rings is 1. The van der Waals surface area contributed by atoms with Gasteiger partial charge in [0.25, 0.3) is 5.91 Å². The lowest BCUT2D eigenvalue weighted by Crippen LogP contribution is -2.32. The zero-order valence-corrected chi connectivity index (χ0v) is 17.9. The summed E-state index contributed by atoms with van der Waals surface area (Å²) in [6, 6.07) is 7.67. The molecule has 1 amide bonds. The summed E-state index contributed by atoms with van der Waals surface area (Å²) in [5, 5.41) is 7.02. The van der Waals surface area contributed by atoms with Crippen LogP contribution in [0.25, 0.3) is 0 Å². The number of pyridine rings is 1. The number of nitrogens with one attached hydrogen (secondary N) is 2. The van der Waals surface area contributed by atoms with Crippen molar-refractivity contribution in [2.45, 2.75) is 31.6 Å². The van der Waals surface area contributed by atoms with Crippen LogP contribution in [0.3, 0.4) is 0 Å². The molecule has 0 bridgehead atoms. The minimum Gasteiger partial charge on any atom is -0.381 e. The van der Waals surface area contributed by atoms with E-state index in [4.69, 9.17) is 16.3 Å². The lowest BCUT2D eigenvalue weighted by atomic mass is 10.00. The lowest BCUT2D eigenvalue weighted by molar-refractivity contribution is 0.0642. The maximum absolute atomic E-state index is 12.8. The van der Waals surface area contributed by atoms with Crippen molar-refractivity contribution in [3.05, 3.63) is 51.1 Å². The van der Waals surface area contributed by atoms with Gasteiger partial charge in [-0.15, -0.1) is 0 Å². The zero-order valence-electron chi connectivity index (χ0n) is 15.5. The van der Waals surface area contributed by atoms with Gasteiger partial charge >= 0.3 is 0 Å². The van der Waals surface area contributed by atoms with Gasteiger partial charge in [0, 0.05) is 36.1 Å². The minimum absolute atomic E-state index is 0.0286. The van der Waals surface area contributed by atoms with E-state index in [9.17, 15) is 4.79 Å². The molecule has 2 aliphatic rings. The molecule has 28 heavy (non-hydrogen) atoms. The van der Waals surface area contributed by atoms with E-state index >= 15 is 0 Å². The van der Waals surface area contributed by atoms with Crippen molar-refractivity contribution in [1.29, 1.82) is 0 Å². The molecule has 1 saturated heterocycles. The molecule has 1 aliphatic carbocycles. The number of ether oxygens (including phenoxy) is 1. The predicted molar refractivity (Wildman–Crippen MR) is 115 cm³/mol. The number of aromatic nitrogens is 1. The first-order valence-corrected chi connectivity index (χ1v) is 10.8. The Morgan fingerprint density at radius 1 is 1.21 bits per heavy atom.